The zero-order chi connectivity index (χ0) is 9.15. The Morgan fingerprint density at radius 2 is 2.15 bits per heavy atom. The molecule has 1 saturated heterocycles. The smallest absolute Gasteiger partial charge is 0.205 e. The van der Waals surface area contributed by atoms with Crippen molar-refractivity contribution >= 4 is 5.82 Å². The van der Waals surface area contributed by atoms with Crippen LogP contribution in [-0.4, -0.2) is 24.6 Å². The van der Waals surface area contributed by atoms with Crippen molar-refractivity contribution < 1.29 is 0 Å². The highest BCUT2D eigenvalue weighted by atomic mass is 15.4. The van der Waals surface area contributed by atoms with Gasteiger partial charge in [-0.3, -0.25) is 4.48 Å². The number of hydrogen-bond acceptors (Lipinski definition) is 0. The predicted octanol–water partition coefficient (Wildman–Crippen LogP) is 2.53. The average Bonchev–Trinajstić information content (AvgIpc) is 2.73. The molecule has 0 saturated carbocycles. The van der Waals surface area contributed by atoms with Crippen LogP contribution in [0.5, 0.6) is 0 Å². The number of aromatic nitrogens is 1. The molecule has 0 radical (unpaired) electrons. The van der Waals surface area contributed by atoms with Crippen LogP contribution in [0.2, 0.25) is 0 Å². The standard InChI is InChI=1S/C11H19N2/c1-2-8-13(9-3-4-10-13)11-6-5-7-12-11/h5-7,12H,2-4,8-10H2,1H3/q+1. The minimum absolute atomic E-state index is 1.20. The number of likely N-dealkylation sites (tertiary alicyclic amines) is 1. The highest BCUT2D eigenvalue weighted by Crippen LogP contribution is 2.27. The number of H-pyrrole nitrogens is 1. The van der Waals surface area contributed by atoms with Gasteiger partial charge in [0.05, 0.1) is 19.6 Å². The summed E-state index contributed by atoms with van der Waals surface area (Å²) in [6, 6.07) is 4.35. The van der Waals surface area contributed by atoms with Crippen molar-refractivity contribution in [1.29, 1.82) is 0 Å². The molecule has 0 amide bonds. The fourth-order valence-electron chi connectivity index (χ4n) is 2.57. The number of nitrogens with one attached hydrogen (secondary N) is 1. The molecule has 0 atom stereocenters. The van der Waals surface area contributed by atoms with E-state index >= 15 is 0 Å². The molecule has 72 valence electrons. The molecule has 1 N–H and O–H groups in total. The minimum atomic E-state index is 1.20. The quantitative estimate of drug-likeness (QED) is 0.686. The average molecular weight is 179 g/mol. The Morgan fingerprint density at radius 3 is 2.69 bits per heavy atom. The topological polar surface area (TPSA) is 15.8 Å². The van der Waals surface area contributed by atoms with E-state index in [9.17, 15) is 0 Å². The van der Waals surface area contributed by atoms with E-state index in [0.717, 1.165) is 0 Å². The molecule has 2 rings (SSSR count). The van der Waals surface area contributed by atoms with Crippen molar-refractivity contribution in [3.8, 4) is 0 Å². The number of nitrogens with zero attached hydrogens (tertiary/aromatic N) is 1. The molecule has 2 heteroatoms. The van der Waals surface area contributed by atoms with E-state index in [0.29, 0.717) is 0 Å². The summed E-state index contributed by atoms with van der Waals surface area (Å²) in [6.45, 7) is 6.23. The first kappa shape index (κ1) is 8.82. The number of aromatic amines is 1. The van der Waals surface area contributed by atoms with Gasteiger partial charge in [-0.2, -0.15) is 0 Å². The third kappa shape index (κ3) is 1.51. The lowest BCUT2D eigenvalue weighted by Crippen LogP contribution is -2.47. The van der Waals surface area contributed by atoms with Gasteiger partial charge in [-0.1, -0.05) is 6.92 Å². The molecule has 0 aliphatic carbocycles. The fraction of sp³-hybridized carbons (Fsp3) is 0.636. The lowest BCUT2D eigenvalue weighted by atomic mass is 10.3. The summed E-state index contributed by atoms with van der Waals surface area (Å²) in [5, 5.41) is 0. The second-order valence-corrected chi connectivity index (χ2v) is 4.08. The van der Waals surface area contributed by atoms with Gasteiger partial charge in [0.15, 0.2) is 0 Å². The van der Waals surface area contributed by atoms with Crippen LogP contribution in [0.25, 0.3) is 0 Å². The Labute approximate surface area is 80.2 Å². The molecule has 2 heterocycles. The molecule has 1 fully saturated rings. The molecule has 0 unspecified atom stereocenters. The van der Waals surface area contributed by atoms with Crippen LogP contribution < -0.4 is 4.48 Å². The first-order valence-corrected chi connectivity index (χ1v) is 5.37. The molecule has 0 bridgehead atoms. The van der Waals surface area contributed by atoms with Gasteiger partial charge >= 0.3 is 0 Å². The third-order valence-electron chi connectivity index (χ3n) is 3.17. The summed E-state index contributed by atoms with van der Waals surface area (Å²) in [4.78, 5) is 3.38. The maximum atomic E-state index is 3.38. The van der Waals surface area contributed by atoms with E-state index in [1.165, 1.54) is 49.2 Å². The van der Waals surface area contributed by atoms with Crippen LogP contribution in [0.3, 0.4) is 0 Å². The van der Waals surface area contributed by atoms with Gasteiger partial charge in [0.1, 0.15) is 0 Å². The summed E-state index contributed by atoms with van der Waals surface area (Å²) in [7, 11) is 0. The molecule has 0 aromatic carbocycles. The molecule has 1 aliphatic heterocycles. The third-order valence-corrected chi connectivity index (χ3v) is 3.17. The second kappa shape index (κ2) is 3.54. The Hall–Kier alpha value is -0.760. The van der Waals surface area contributed by atoms with Crippen molar-refractivity contribution in [3.05, 3.63) is 18.3 Å². The van der Waals surface area contributed by atoms with Crippen molar-refractivity contribution in [1.82, 2.24) is 9.47 Å². The monoisotopic (exact) mass is 179 g/mol. The normalized spacial score (nSPS) is 20.7. The van der Waals surface area contributed by atoms with Gasteiger partial charge < -0.3 is 4.98 Å². The second-order valence-electron chi connectivity index (χ2n) is 4.08. The molecular weight excluding hydrogens is 160 g/mol. The van der Waals surface area contributed by atoms with Gasteiger partial charge in [-0.05, 0) is 12.5 Å². The van der Waals surface area contributed by atoms with Gasteiger partial charge in [0, 0.05) is 25.1 Å². The lowest BCUT2D eigenvalue weighted by Gasteiger charge is -2.31. The summed E-state index contributed by atoms with van der Waals surface area (Å²) < 4.78 is 1.20. The van der Waals surface area contributed by atoms with Gasteiger partial charge in [-0.15, -0.1) is 0 Å². The molecule has 0 spiro atoms. The molecule has 2 nitrogen and oxygen atoms in total. The zero-order valence-electron chi connectivity index (χ0n) is 8.42. The van der Waals surface area contributed by atoms with Crippen LogP contribution in [0, 0.1) is 0 Å². The Bertz CT molecular complexity index is 245. The maximum Gasteiger partial charge on any atom is 0.205 e. The Kier molecular flexibility index (Phi) is 2.40. The Morgan fingerprint density at radius 1 is 1.38 bits per heavy atom. The molecule has 1 aromatic rings. The van der Waals surface area contributed by atoms with E-state index in [4.69, 9.17) is 0 Å². The summed E-state index contributed by atoms with van der Waals surface area (Å²) in [5.41, 5.74) is 0. The molecule has 13 heavy (non-hydrogen) atoms. The molecular formula is C11H19N2+. The van der Waals surface area contributed by atoms with Crippen LogP contribution in [0.1, 0.15) is 26.2 Å². The van der Waals surface area contributed by atoms with Crippen LogP contribution in [0.4, 0.5) is 5.82 Å². The largest absolute Gasteiger partial charge is 0.318 e. The van der Waals surface area contributed by atoms with Gasteiger partial charge in [0.25, 0.3) is 0 Å². The maximum absolute atomic E-state index is 3.38. The van der Waals surface area contributed by atoms with Crippen LogP contribution in [0.15, 0.2) is 18.3 Å². The van der Waals surface area contributed by atoms with Gasteiger partial charge in [-0.25, -0.2) is 0 Å². The molecule has 1 aromatic heterocycles. The predicted molar refractivity (Wildman–Crippen MR) is 56.7 cm³/mol. The van der Waals surface area contributed by atoms with E-state index in [1.807, 2.05) is 6.20 Å². The molecule has 1 aliphatic rings. The van der Waals surface area contributed by atoms with Crippen LogP contribution in [-0.2, 0) is 0 Å². The first-order chi connectivity index (χ1) is 6.37. The summed E-state index contributed by atoms with van der Waals surface area (Å²) in [6.07, 6.45) is 6.10. The van der Waals surface area contributed by atoms with Crippen molar-refractivity contribution in [2.75, 3.05) is 19.6 Å². The van der Waals surface area contributed by atoms with E-state index in [2.05, 4.69) is 24.0 Å². The minimum Gasteiger partial charge on any atom is -0.318 e. The zero-order valence-corrected chi connectivity index (χ0v) is 8.42. The number of hydrogen-bond donors (Lipinski definition) is 1. The van der Waals surface area contributed by atoms with E-state index in [1.54, 1.807) is 0 Å². The SMILES string of the molecule is CCC[N+]1(c2ccc[nH]2)CCCC1. The number of quaternary nitrogens is 1. The van der Waals surface area contributed by atoms with E-state index in [-0.39, 0.29) is 0 Å². The fourth-order valence-corrected chi connectivity index (χ4v) is 2.57. The van der Waals surface area contributed by atoms with Crippen molar-refractivity contribution in [2.45, 2.75) is 26.2 Å². The van der Waals surface area contributed by atoms with E-state index < -0.39 is 0 Å². The highest BCUT2D eigenvalue weighted by molar-refractivity contribution is 5.35. The van der Waals surface area contributed by atoms with Crippen LogP contribution >= 0.6 is 0 Å². The highest BCUT2D eigenvalue weighted by Gasteiger charge is 2.34. The summed E-state index contributed by atoms with van der Waals surface area (Å²) >= 11 is 0. The lowest BCUT2D eigenvalue weighted by molar-refractivity contribution is 0.326. The van der Waals surface area contributed by atoms with Crippen molar-refractivity contribution in [3.63, 3.8) is 0 Å². The summed E-state index contributed by atoms with van der Waals surface area (Å²) in [5.74, 6) is 1.42. The van der Waals surface area contributed by atoms with Gasteiger partial charge in [0.2, 0.25) is 5.82 Å². The first-order valence-electron chi connectivity index (χ1n) is 5.37. The Balaban J connectivity index is 2.22. The number of rotatable bonds is 3. The van der Waals surface area contributed by atoms with Crippen molar-refractivity contribution in [2.24, 2.45) is 0 Å².